The summed E-state index contributed by atoms with van der Waals surface area (Å²) in [4.78, 5) is 13.6. The van der Waals surface area contributed by atoms with E-state index in [1.54, 1.807) is 17.6 Å². The van der Waals surface area contributed by atoms with E-state index in [0.29, 0.717) is 19.2 Å². The van der Waals surface area contributed by atoms with Crippen molar-refractivity contribution in [1.29, 1.82) is 0 Å². The predicted molar refractivity (Wildman–Crippen MR) is 103 cm³/mol. The van der Waals surface area contributed by atoms with Gasteiger partial charge in [0.15, 0.2) is 0 Å². The van der Waals surface area contributed by atoms with Crippen molar-refractivity contribution in [2.24, 2.45) is 5.10 Å². The maximum absolute atomic E-state index is 5.48. The third kappa shape index (κ3) is 3.04. The van der Waals surface area contributed by atoms with Gasteiger partial charge in [-0.05, 0) is 26.8 Å². The lowest BCUT2D eigenvalue weighted by molar-refractivity contribution is 0.122. The number of nitrogens with one attached hydrogen (secondary N) is 1. The topological polar surface area (TPSA) is 88.7 Å². The molecule has 1 aliphatic heterocycles. The van der Waals surface area contributed by atoms with Gasteiger partial charge in [-0.3, -0.25) is 0 Å². The highest BCUT2D eigenvalue weighted by atomic mass is 32.1. The first kappa shape index (κ1) is 16.9. The minimum Gasteiger partial charge on any atom is -0.378 e. The number of fused-ring (bicyclic) bond motifs is 1. The summed E-state index contributed by atoms with van der Waals surface area (Å²) in [6.45, 7) is 8.72. The van der Waals surface area contributed by atoms with Crippen LogP contribution in [0.1, 0.15) is 18.4 Å². The molecule has 0 radical (unpaired) electrons. The van der Waals surface area contributed by atoms with Gasteiger partial charge in [0.2, 0.25) is 5.95 Å². The minimum absolute atomic E-state index is 0.490. The third-order valence-corrected chi connectivity index (χ3v) is 5.30. The van der Waals surface area contributed by atoms with Crippen molar-refractivity contribution < 1.29 is 9.26 Å². The first-order valence-electron chi connectivity index (χ1n) is 8.48. The van der Waals surface area contributed by atoms with Gasteiger partial charge < -0.3 is 14.2 Å². The average molecular weight is 372 g/mol. The first-order valence-corrected chi connectivity index (χ1v) is 9.30. The van der Waals surface area contributed by atoms with E-state index < -0.39 is 0 Å². The molecule has 0 spiro atoms. The van der Waals surface area contributed by atoms with Crippen LogP contribution >= 0.6 is 11.3 Å². The number of morpholine rings is 1. The molecular weight excluding hydrogens is 352 g/mol. The fourth-order valence-corrected chi connectivity index (χ4v) is 4.22. The van der Waals surface area contributed by atoms with Gasteiger partial charge in [-0.1, -0.05) is 5.16 Å². The van der Waals surface area contributed by atoms with E-state index in [1.165, 1.54) is 0 Å². The number of hydrogen-bond acceptors (Lipinski definition) is 9. The second kappa shape index (κ2) is 7.00. The number of thiophene rings is 1. The molecule has 4 heterocycles. The van der Waals surface area contributed by atoms with Crippen molar-refractivity contribution in [2.45, 2.75) is 20.8 Å². The molecule has 8 nitrogen and oxygen atoms in total. The van der Waals surface area contributed by atoms with E-state index in [1.807, 2.05) is 20.8 Å². The number of hydrogen-bond donors (Lipinski definition) is 1. The van der Waals surface area contributed by atoms with Crippen LogP contribution in [0.4, 0.5) is 11.8 Å². The van der Waals surface area contributed by atoms with Gasteiger partial charge in [-0.25, -0.2) is 10.4 Å². The lowest BCUT2D eigenvalue weighted by atomic mass is 10.1. The van der Waals surface area contributed by atoms with Gasteiger partial charge in [0.05, 0.1) is 29.9 Å². The molecule has 1 fully saturated rings. The van der Waals surface area contributed by atoms with Crippen LogP contribution in [0.5, 0.6) is 0 Å². The maximum atomic E-state index is 5.48. The zero-order valence-corrected chi connectivity index (χ0v) is 15.8. The molecule has 0 atom stereocenters. The second-order valence-electron chi connectivity index (χ2n) is 6.00. The highest BCUT2D eigenvalue weighted by Crippen LogP contribution is 2.39. The van der Waals surface area contributed by atoms with Crippen LogP contribution in [0.2, 0.25) is 0 Å². The van der Waals surface area contributed by atoms with Gasteiger partial charge >= 0.3 is 0 Å². The molecule has 4 rings (SSSR count). The van der Waals surface area contributed by atoms with Crippen LogP contribution in [0.3, 0.4) is 0 Å². The summed E-state index contributed by atoms with van der Waals surface area (Å²) >= 11 is 1.61. The molecular formula is C17H20N6O2S. The predicted octanol–water partition coefficient (Wildman–Crippen LogP) is 3.22. The minimum atomic E-state index is 0.490. The number of hydrazone groups is 1. The number of rotatable bonds is 4. The van der Waals surface area contributed by atoms with Crippen molar-refractivity contribution in [2.75, 3.05) is 36.6 Å². The fourth-order valence-electron chi connectivity index (χ4n) is 3.05. The Hall–Kier alpha value is -2.52. The molecule has 3 aromatic heterocycles. The van der Waals surface area contributed by atoms with Crippen LogP contribution in [0, 0.1) is 13.8 Å². The summed E-state index contributed by atoms with van der Waals surface area (Å²) in [6, 6.07) is 2.13. The third-order valence-electron chi connectivity index (χ3n) is 4.26. The average Bonchev–Trinajstić information content (AvgIpc) is 3.22. The molecule has 26 heavy (non-hydrogen) atoms. The zero-order chi connectivity index (χ0) is 18.1. The maximum Gasteiger partial charge on any atom is 0.246 e. The molecule has 0 saturated carbocycles. The van der Waals surface area contributed by atoms with Gasteiger partial charge in [0, 0.05) is 24.2 Å². The van der Waals surface area contributed by atoms with Crippen LogP contribution < -0.4 is 10.3 Å². The Balaban J connectivity index is 1.86. The standard InChI is InChI=1S/C17H20N6O2S/c1-4-18-21-17-19-15(23-5-7-24-8-6-23)12-9-13(26-16(12)20-17)14-10(2)22-25-11(14)3/h4,9H,5-8H2,1-3H3,(H,19,20,21)/b18-4+. The molecule has 1 saturated heterocycles. The number of nitrogens with zero attached hydrogens (tertiary/aromatic N) is 5. The quantitative estimate of drug-likeness (QED) is 0.555. The van der Waals surface area contributed by atoms with Crippen molar-refractivity contribution in [3.05, 3.63) is 17.5 Å². The second-order valence-corrected chi connectivity index (χ2v) is 7.03. The summed E-state index contributed by atoms with van der Waals surface area (Å²) in [7, 11) is 0. The summed E-state index contributed by atoms with van der Waals surface area (Å²) in [5.41, 5.74) is 4.81. The molecule has 9 heteroatoms. The molecule has 0 aromatic carbocycles. The zero-order valence-electron chi connectivity index (χ0n) is 14.9. The molecule has 0 aliphatic carbocycles. The first-order chi connectivity index (χ1) is 12.7. The van der Waals surface area contributed by atoms with E-state index in [9.17, 15) is 0 Å². The van der Waals surface area contributed by atoms with Crippen LogP contribution in [0.15, 0.2) is 15.7 Å². The van der Waals surface area contributed by atoms with Crippen molar-refractivity contribution in [3.8, 4) is 10.4 Å². The SMILES string of the molecule is C/C=N/Nc1nc(N2CCOCC2)c2cc(-c3c(C)noc3C)sc2n1. The van der Waals surface area contributed by atoms with E-state index in [0.717, 1.165) is 51.0 Å². The summed E-state index contributed by atoms with van der Waals surface area (Å²) in [5.74, 6) is 2.20. The number of anilines is 2. The summed E-state index contributed by atoms with van der Waals surface area (Å²) in [5, 5.41) is 9.15. The van der Waals surface area contributed by atoms with Gasteiger partial charge in [-0.2, -0.15) is 10.1 Å². The van der Waals surface area contributed by atoms with Gasteiger partial charge in [0.1, 0.15) is 16.4 Å². The van der Waals surface area contributed by atoms with E-state index in [2.05, 4.69) is 31.6 Å². The Morgan fingerprint density at radius 1 is 1.27 bits per heavy atom. The smallest absolute Gasteiger partial charge is 0.246 e. The largest absolute Gasteiger partial charge is 0.378 e. The molecule has 0 amide bonds. The summed E-state index contributed by atoms with van der Waals surface area (Å²) < 4.78 is 10.8. The Labute approximate surface area is 154 Å². The Bertz CT molecular complexity index is 938. The highest BCUT2D eigenvalue weighted by Gasteiger charge is 2.21. The Morgan fingerprint density at radius 3 is 2.77 bits per heavy atom. The van der Waals surface area contributed by atoms with Gasteiger partial charge in [0.25, 0.3) is 0 Å². The van der Waals surface area contributed by atoms with Crippen LogP contribution in [-0.4, -0.2) is 47.6 Å². The van der Waals surface area contributed by atoms with E-state index in [4.69, 9.17) is 14.2 Å². The molecule has 3 aromatic rings. The fraction of sp³-hybridized carbons (Fsp3) is 0.412. The highest BCUT2D eigenvalue weighted by molar-refractivity contribution is 7.22. The molecule has 136 valence electrons. The Kier molecular flexibility index (Phi) is 4.56. The van der Waals surface area contributed by atoms with Crippen LogP contribution in [0.25, 0.3) is 20.7 Å². The van der Waals surface area contributed by atoms with Gasteiger partial charge in [-0.15, -0.1) is 11.3 Å². The normalized spacial score (nSPS) is 15.3. The molecule has 1 N–H and O–H groups in total. The van der Waals surface area contributed by atoms with Crippen molar-refractivity contribution in [3.63, 3.8) is 0 Å². The van der Waals surface area contributed by atoms with Crippen LogP contribution in [-0.2, 0) is 4.74 Å². The lowest BCUT2D eigenvalue weighted by Gasteiger charge is -2.28. The Morgan fingerprint density at radius 2 is 2.08 bits per heavy atom. The van der Waals surface area contributed by atoms with E-state index in [-0.39, 0.29) is 0 Å². The summed E-state index contributed by atoms with van der Waals surface area (Å²) in [6.07, 6.45) is 1.67. The number of aromatic nitrogens is 3. The number of ether oxygens (including phenoxy) is 1. The van der Waals surface area contributed by atoms with Crippen molar-refractivity contribution in [1.82, 2.24) is 15.1 Å². The van der Waals surface area contributed by atoms with E-state index >= 15 is 0 Å². The molecule has 0 bridgehead atoms. The monoisotopic (exact) mass is 372 g/mol. The molecule has 0 unspecified atom stereocenters. The lowest BCUT2D eigenvalue weighted by Crippen LogP contribution is -2.37. The van der Waals surface area contributed by atoms with Crippen molar-refractivity contribution >= 4 is 39.5 Å². The molecule has 1 aliphatic rings. The number of aryl methyl sites for hydroxylation is 2.